The number of ether oxygens (including phenoxy) is 4. The summed E-state index contributed by atoms with van der Waals surface area (Å²) >= 11 is 1.86. The summed E-state index contributed by atoms with van der Waals surface area (Å²) < 4.78 is 21.8. The van der Waals surface area contributed by atoms with E-state index in [9.17, 15) is 19.2 Å². The molecule has 0 bridgehead atoms. The van der Waals surface area contributed by atoms with E-state index >= 15 is 0 Å². The minimum absolute atomic E-state index is 0.0503. The SMILES string of the molecule is CN[C@H](CC(=O)OCc1ccccc1)C(=O)NCCCOCCOCCOCCCNC(=O)CCCC[C@@H]1SCC[C@@H]1NC(N)=O. The van der Waals surface area contributed by atoms with Gasteiger partial charge in [0.15, 0.2) is 0 Å². The van der Waals surface area contributed by atoms with Gasteiger partial charge in [-0.15, -0.1) is 0 Å². The average Bonchev–Trinajstić information content (AvgIpc) is 3.48. The van der Waals surface area contributed by atoms with Gasteiger partial charge >= 0.3 is 12.0 Å². The summed E-state index contributed by atoms with van der Waals surface area (Å²) in [5, 5.41) is 11.8. The van der Waals surface area contributed by atoms with E-state index in [2.05, 4.69) is 21.3 Å². The largest absolute Gasteiger partial charge is 0.461 e. The van der Waals surface area contributed by atoms with Gasteiger partial charge in [-0.05, 0) is 50.5 Å². The monoisotopic (exact) mass is 667 g/mol. The second-order valence-electron chi connectivity index (χ2n) is 10.9. The molecule has 1 aliphatic rings. The standard InChI is InChI=1S/C32H53N5O8S/c1-34-27(23-30(39)45-24-25-9-3-2-4-10-25)31(40)36-15-8-17-43-19-21-44-20-18-42-16-7-14-35-29(38)12-6-5-11-28-26(13-22-46-28)37-32(33)41/h2-4,9-10,26-28,34H,5-8,11-24H2,1H3,(H,35,38)(H,36,40)(H3,33,37,41)/t26-,27+,28-/m0/s1. The van der Waals surface area contributed by atoms with Crippen LogP contribution < -0.4 is 27.0 Å². The summed E-state index contributed by atoms with van der Waals surface area (Å²) in [5.41, 5.74) is 6.14. The van der Waals surface area contributed by atoms with Gasteiger partial charge in [-0.1, -0.05) is 36.8 Å². The molecule has 46 heavy (non-hydrogen) atoms. The highest BCUT2D eigenvalue weighted by Gasteiger charge is 2.28. The molecule has 0 spiro atoms. The lowest BCUT2D eigenvalue weighted by molar-refractivity contribution is -0.147. The number of primary amides is 1. The van der Waals surface area contributed by atoms with Crippen molar-refractivity contribution in [3.8, 4) is 0 Å². The summed E-state index contributed by atoms with van der Waals surface area (Å²) in [6.07, 6.45) is 5.52. The highest BCUT2D eigenvalue weighted by atomic mass is 32.2. The van der Waals surface area contributed by atoms with E-state index < -0.39 is 18.0 Å². The Bertz CT molecular complexity index is 1010. The van der Waals surface area contributed by atoms with Crippen LogP contribution in [0.15, 0.2) is 30.3 Å². The molecule has 0 aromatic heterocycles. The number of likely N-dealkylation sites (N-methyl/N-ethyl adjacent to an activating group) is 1. The molecule has 1 saturated heterocycles. The quantitative estimate of drug-likeness (QED) is 0.0724. The van der Waals surface area contributed by atoms with Gasteiger partial charge < -0.3 is 45.9 Å². The van der Waals surface area contributed by atoms with Gasteiger partial charge in [0.25, 0.3) is 0 Å². The lowest BCUT2D eigenvalue weighted by Crippen LogP contribution is -2.44. The van der Waals surface area contributed by atoms with Crippen molar-refractivity contribution in [1.82, 2.24) is 21.3 Å². The Balaban J connectivity index is 1.32. The first-order chi connectivity index (χ1) is 22.4. The average molecular weight is 668 g/mol. The number of hydrogen-bond donors (Lipinski definition) is 5. The maximum Gasteiger partial charge on any atom is 0.312 e. The molecule has 1 fully saturated rings. The van der Waals surface area contributed by atoms with E-state index in [0.717, 1.165) is 43.4 Å². The van der Waals surface area contributed by atoms with Crippen LogP contribution in [0.4, 0.5) is 4.79 Å². The number of benzene rings is 1. The maximum atomic E-state index is 12.4. The molecule has 2 rings (SSSR count). The van der Waals surface area contributed by atoms with Crippen LogP contribution in [0.2, 0.25) is 0 Å². The second kappa shape index (κ2) is 25.2. The van der Waals surface area contributed by atoms with Gasteiger partial charge in [-0.25, -0.2) is 4.79 Å². The van der Waals surface area contributed by atoms with Crippen molar-refractivity contribution < 1.29 is 38.1 Å². The van der Waals surface area contributed by atoms with Crippen LogP contribution >= 0.6 is 11.8 Å². The van der Waals surface area contributed by atoms with Crippen LogP contribution in [0.3, 0.4) is 0 Å². The molecule has 0 unspecified atom stereocenters. The van der Waals surface area contributed by atoms with Crippen molar-refractivity contribution in [3.63, 3.8) is 0 Å². The third-order valence-electron chi connectivity index (χ3n) is 7.25. The molecule has 0 aliphatic carbocycles. The third-order valence-corrected chi connectivity index (χ3v) is 8.72. The highest BCUT2D eigenvalue weighted by molar-refractivity contribution is 8.00. The summed E-state index contributed by atoms with van der Waals surface area (Å²) in [6.45, 7) is 4.02. The van der Waals surface area contributed by atoms with Gasteiger partial charge in [0.05, 0.1) is 38.9 Å². The molecule has 1 aliphatic heterocycles. The van der Waals surface area contributed by atoms with Crippen LogP contribution in [0, 0.1) is 0 Å². The molecule has 6 N–H and O–H groups in total. The summed E-state index contributed by atoms with van der Waals surface area (Å²) in [5.74, 6) is 0.381. The lowest BCUT2D eigenvalue weighted by atomic mass is 10.0. The van der Waals surface area contributed by atoms with Crippen molar-refractivity contribution in [2.24, 2.45) is 5.73 Å². The van der Waals surface area contributed by atoms with Gasteiger partial charge in [0.2, 0.25) is 11.8 Å². The Morgan fingerprint density at radius 2 is 1.54 bits per heavy atom. The Hall–Kier alpha value is -2.91. The zero-order valence-electron chi connectivity index (χ0n) is 27.1. The Morgan fingerprint density at radius 1 is 0.891 bits per heavy atom. The molecular weight excluding hydrogens is 614 g/mol. The van der Waals surface area contributed by atoms with Crippen molar-refractivity contribution in [1.29, 1.82) is 0 Å². The fourth-order valence-electron chi connectivity index (χ4n) is 4.74. The number of nitrogens with two attached hydrogens (primary N) is 1. The molecule has 1 aromatic carbocycles. The van der Waals surface area contributed by atoms with Crippen molar-refractivity contribution in [2.75, 3.05) is 65.5 Å². The van der Waals surface area contributed by atoms with E-state index in [-0.39, 0.29) is 30.9 Å². The van der Waals surface area contributed by atoms with Crippen molar-refractivity contribution >= 4 is 35.6 Å². The van der Waals surface area contributed by atoms with Gasteiger partial charge in [-0.3, -0.25) is 14.4 Å². The van der Waals surface area contributed by atoms with Crippen LogP contribution in [-0.2, 0) is 39.9 Å². The summed E-state index contributed by atoms with van der Waals surface area (Å²) in [4.78, 5) is 47.6. The highest BCUT2D eigenvalue weighted by Crippen LogP contribution is 2.30. The van der Waals surface area contributed by atoms with Crippen molar-refractivity contribution in [2.45, 2.75) is 75.3 Å². The van der Waals surface area contributed by atoms with Crippen LogP contribution in [-0.4, -0.2) is 107 Å². The number of urea groups is 1. The zero-order chi connectivity index (χ0) is 33.2. The lowest BCUT2D eigenvalue weighted by Gasteiger charge is -2.18. The number of nitrogens with one attached hydrogen (secondary N) is 4. The van der Waals surface area contributed by atoms with Crippen LogP contribution in [0.25, 0.3) is 0 Å². The van der Waals surface area contributed by atoms with E-state index in [0.29, 0.717) is 70.8 Å². The molecule has 13 nitrogen and oxygen atoms in total. The number of carbonyl (C=O) groups excluding carboxylic acids is 4. The number of thioether (sulfide) groups is 1. The number of hydrogen-bond acceptors (Lipinski definition) is 10. The normalized spacial score (nSPS) is 16.5. The first kappa shape index (κ1) is 39.3. The molecule has 14 heteroatoms. The van der Waals surface area contributed by atoms with Crippen LogP contribution in [0.5, 0.6) is 0 Å². The van der Waals surface area contributed by atoms with E-state index in [1.54, 1.807) is 7.05 Å². The number of rotatable bonds is 26. The van der Waals surface area contributed by atoms with Crippen molar-refractivity contribution in [3.05, 3.63) is 35.9 Å². The fraction of sp³-hybridized carbons (Fsp3) is 0.688. The van der Waals surface area contributed by atoms with E-state index in [1.807, 2.05) is 42.1 Å². The Morgan fingerprint density at radius 3 is 2.20 bits per heavy atom. The molecule has 1 heterocycles. The zero-order valence-corrected chi connectivity index (χ0v) is 27.9. The number of amides is 4. The second-order valence-corrected chi connectivity index (χ2v) is 12.3. The molecule has 3 atom stereocenters. The predicted octanol–water partition coefficient (Wildman–Crippen LogP) is 1.87. The minimum Gasteiger partial charge on any atom is -0.461 e. The number of unbranched alkanes of at least 4 members (excludes halogenated alkanes) is 1. The number of esters is 1. The van der Waals surface area contributed by atoms with Gasteiger partial charge in [-0.2, -0.15) is 11.8 Å². The van der Waals surface area contributed by atoms with Gasteiger partial charge in [0.1, 0.15) is 6.61 Å². The molecule has 1 aromatic rings. The maximum absolute atomic E-state index is 12.4. The smallest absolute Gasteiger partial charge is 0.312 e. The van der Waals surface area contributed by atoms with Gasteiger partial charge in [0, 0.05) is 44.0 Å². The Labute approximate surface area is 277 Å². The predicted molar refractivity (Wildman–Crippen MR) is 177 cm³/mol. The Kier molecular flexibility index (Phi) is 21.5. The summed E-state index contributed by atoms with van der Waals surface area (Å²) in [7, 11) is 1.63. The molecule has 0 saturated carbocycles. The van der Waals surface area contributed by atoms with Crippen LogP contribution in [0.1, 0.15) is 56.9 Å². The molecule has 4 amide bonds. The topological polar surface area (TPSA) is 179 Å². The molecule has 260 valence electrons. The first-order valence-corrected chi connectivity index (χ1v) is 17.3. The molecule has 0 radical (unpaired) electrons. The first-order valence-electron chi connectivity index (χ1n) is 16.2. The van der Waals surface area contributed by atoms with E-state index in [4.69, 9.17) is 24.7 Å². The molecular formula is C32H53N5O8S. The number of carbonyl (C=O) groups is 4. The fourth-order valence-corrected chi connectivity index (χ4v) is 6.21. The minimum atomic E-state index is -0.663. The summed E-state index contributed by atoms with van der Waals surface area (Å²) in [6, 6.07) is 8.40. The van der Waals surface area contributed by atoms with E-state index in [1.165, 1.54) is 0 Å². The third kappa shape index (κ3) is 18.9.